The van der Waals surface area contributed by atoms with Gasteiger partial charge in [-0.3, -0.25) is 4.79 Å². The van der Waals surface area contributed by atoms with Crippen LogP contribution in [0.2, 0.25) is 0 Å². The molecule has 0 amide bonds. The molecular formula is C15H21BrO4. The number of carboxylic acid groups (broad SMARTS) is 1. The van der Waals surface area contributed by atoms with Crippen LogP contribution in [0.4, 0.5) is 0 Å². The van der Waals surface area contributed by atoms with Crippen LogP contribution in [0.15, 0.2) is 16.6 Å². The summed E-state index contributed by atoms with van der Waals surface area (Å²) in [4.78, 5) is 11.1. The molecule has 0 radical (unpaired) electrons. The molecule has 1 aromatic carbocycles. The van der Waals surface area contributed by atoms with Gasteiger partial charge in [-0.1, -0.05) is 29.8 Å². The topological polar surface area (TPSA) is 55.8 Å². The van der Waals surface area contributed by atoms with Crippen LogP contribution in [-0.4, -0.2) is 24.3 Å². The summed E-state index contributed by atoms with van der Waals surface area (Å²) in [5, 5.41) is 9.11. The highest BCUT2D eigenvalue weighted by atomic mass is 79.9. The molecule has 0 aliphatic carbocycles. The maximum Gasteiger partial charge on any atom is 0.304 e. The minimum Gasteiger partial charge on any atom is -0.493 e. The van der Waals surface area contributed by atoms with Gasteiger partial charge in [0.15, 0.2) is 11.5 Å². The van der Waals surface area contributed by atoms with Crippen molar-refractivity contribution in [2.45, 2.75) is 45.6 Å². The van der Waals surface area contributed by atoms with E-state index in [2.05, 4.69) is 15.9 Å². The first kappa shape index (κ1) is 16.8. The number of halogens is 1. The average Bonchev–Trinajstić information content (AvgIpc) is 2.26. The van der Waals surface area contributed by atoms with Crippen molar-refractivity contribution < 1.29 is 19.4 Å². The number of carbonyl (C=O) groups is 1. The van der Waals surface area contributed by atoms with Crippen molar-refractivity contribution in [1.29, 1.82) is 0 Å². The maximum absolute atomic E-state index is 11.1. The molecule has 5 heteroatoms. The van der Waals surface area contributed by atoms with E-state index in [1.54, 1.807) is 7.11 Å². The fraction of sp³-hybridized carbons (Fsp3) is 0.533. The van der Waals surface area contributed by atoms with Crippen molar-refractivity contribution in [1.82, 2.24) is 0 Å². The van der Waals surface area contributed by atoms with Crippen molar-refractivity contribution in [3.63, 3.8) is 0 Å². The summed E-state index contributed by atoms with van der Waals surface area (Å²) in [7, 11) is 1.57. The second kappa shape index (κ2) is 6.48. The van der Waals surface area contributed by atoms with Gasteiger partial charge in [0.1, 0.15) is 0 Å². The highest BCUT2D eigenvalue weighted by molar-refractivity contribution is 9.10. The molecule has 0 spiro atoms. The molecule has 112 valence electrons. The van der Waals surface area contributed by atoms with Gasteiger partial charge >= 0.3 is 5.97 Å². The lowest BCUT2D eigenvalue weighted by molar-refractivity contribution is -0.138. The summed E-state index contributed by atoms with van der Waals surface area (Å²) in [6.45, 7) is 7.62. The number of methoxy groups -OCH3 is 1. The zero-order valence-electron chi connectivity index (χ0n) is 12.5. The van der Waals surface area contributed by atoms with Crippen molar-refractivity contribution in [3.05, 3.63) is 22.2 Å². The highest BCUT2D eigenvalue weighted by Crippen LogP contribution is 2.45. The van der Waals surface area contributed by atoms with Crippen LogP contribution < -0.4 is 9.47 Å². The minimum absolute atomic E-state index is 0.00717. The van der Waals surface area contributed by atoms with Gasteiger partial charge in [-0.2, -0.15) is 0 Å². The van der Waals surface area contributed by atoms with Crippen molar-refractivity contribution >= 4 is 21.9 Å². The summed E-state index contributed by atoms with van der Waals surface area (Å²) in [6.07, 6.45) is -0.0229. The van der Waals surface area contributed by atoms with E-state index in [1.807, 2.05) is 39.8 Å². The molecule has 0 bridgehead atoms. The first-order chi connectivity index (χ1) is 9.19. The van der Waals surface area contributed by atoms with Gasteiger partial charge in [-0.15, -0.1) is 0 Å². The zero-order chi connectivity index (χ0) is 15.5. The largest absolute Gasteiger partial charge is 0.493 e. The molecule has 0 heterocycles. The average molecular weight is 345 g/mol. The number of hydrogen-bond acceptors (Lipinski definition) is 3. The number of hydrogen-bond donors (Lipinski definition) is 1. The van der Waals surface area contributed by atoms with Crippen LogP contribution in [0.1, 0.15) is 39.7 Å². The Hall–Kier alpha value is -1.23. The lowest BCUT2D eigenvalue weighted by Crippen LogP contribution is -2.24. The summed E-state index contributed by atoms with van der Waals surface area (Å²) < 4.78 is 12.0. The van der Waals surface area contributed by atoms with Crippen LogP contribution in [0.5, 0.6) is 11.5 Å². The Balaban J connectivity index is 3.45. The lowest BCUT2D eigenvalue weighted by Gasteiger charge is -2.29. The van der Waals surface area contributed by atoms with Gasteiger partial charge in [0, 0.05) is 15.5 Å². The smallest absolute Gasteiger partial charge is 0.304 e. The monoisotopic (exact) mass is 344 g/mol. The van der Waals surface area contributed by atoms with E-state index in [9.17, 15) is 4.79 Å². The molecule has 1 N–H and O–H groups in total. The lowest BCUT2D eigenvalue weighted by atomic mass is 9.81. The molecular weight excluding hydrogens is 324 g/mol. The highest BCUT2D eigenvalue weighted by Gasteiger charge is 2.32. The van der Waals surface area contributed by atoms with Gasteiger partial charge in [-0.25, -0.2) is 0 Å². The molecule has 1 aromatic rings. The van der Waals surface area contributed by atoms with Crippen LogP contribution in [-0.2, 0) is 10.2 Å². The molecule has 4 nitrogen and oxygen atoms in total. The third-order valence-corrected chi connectivity index (χ3v) is 3.57. The number of benzene rings is 1. The Morgan fingerprint density at radius 3 is 2.45 bits per heavy atom. The Morgan fingerprint density at radius 1 is 1.40 bits per heavy atom. The fourth-order valence-corrected chi connectivity index (χ4v) is 3.00. The van der Waals surface area contributed by atoms with Gasteiger partial charge in [0.2, 0.25) is 0 Å². The van der Waals surface area contributed by atoms with Gasteiger partial charge in [-0.05, 0) is 26.0 Å². The summed E-state index contributed by atoms with van der Waals surface area (Å²) in [5.41, 5.74) is 0.233. The van der Waals surface area contributed by atoms with Gasteiger partial charge in [0.25, 0.3) is 0 Å². The van der Waals surface area contributed by atoms with E-state index in [1.165, 1.54) is 0 Å². The normalized spacial score (nSPS) is 11.6. The predicted molar refractivity (Wildman–Crippen MR) is 81.7 cm³/mol. The summed E-state index contributed by atoms with van der Waals surface area (Å²) in [6, 6.07) is 3.66. The van der Waals surface area contributed by atoms with Crippen molar-refractivity contribution in [2.75, 3.05) is 7.11 Å². The third kappa shape index (κ3) is 3.88. The summed E-state index contributed by atoms with van der Waals surface area (Å²) >= 11 is 3.50. The number of carboxylic acids is 1. The van der Waals surface area contributed by atoms with Crippen molar-refractivity contribution in [2.24, 2.45) is 0 Å². The second-order valence-electron chi connectivity index (χ2n) is 5.57. The Morgan fingerprint density at radius 2 is 2.00 bits per heavy atom. The van der Waals surface area contributed by atoms with E-state index < -0.39 is 11.4 Å². The molecule has 0 unspecified atom stereocenters. The van der Waals surface area contributed by atoms with E-state index in [-0.39, 0.29) is 12.5 Å². The molecule has 0 aliphatic heterocycles. The van der Waals surface area contributed by atoms with Crippen molar-refractivity contribution in [3.8, 4) is 11.5 Å². The van der Waals surface area contributed by atoms with Crippen LogP contribution in [0.3, 0.4) is 0 Å². The standard InChI is InChI=1S/C15H21BrO4/c1-9(2)20-14-11(19-5)7-6-10(16)13(14)15(3,4)8-12(17)18/h6-7,9H,8H2,1-5H3,(H,17,18). The van der Waals surface area contributed by atoms with Crippen LogP contribution in [0, 0.1) is 0 Å². The maximum atomic E-state index is 11.1. The molecule has 20 heavy (non-hydrogen) atoms. The Bertz CT molecular complexity index is 495. The summed E-state index contributed by atoms with van der Waals surface area (Å²) in [5.74, 6) is 0.360. The van der Waals surface area contributed by atoms with Crippen LogP contribution >= 0.6 is 15.9 Å². The first-order valence-corrected chi connectivity index (χ1v) is 7.23. The Kier molecular flexibility index (Phi) is 5.45. The van der Waals surface area contributed by atoms with Gasteiger partial charge < -0.3 is 14.6 Å². The van der Waals surface area contributed by atoms with E-state index in [0.29, 0.717) is 11.5 Å². The molecule has 0 saturated carbocycles. The molecule has 0 fully saturated rings. The van der Waals surface area contributed by atoms with Crippen LogP contribution in [0.25, 0.3) is 0 Å². The Labute approximate surface area is 128 Å². The fourth-order valence-electron chi connectivity index (χ4n) is 2.15. The molecule has 0 aliphatic rings. The number of rotatable bonds is 6. The van der Waals surface area contributed by atoms with E-state index in [4.69, 9.17) is 14.6 Å². The third-order valence-electron chi connectivity index (χ3n) is 2.91. The van der Waals surface area contributed by atoms with Gasteiger partial charge in [0.05, 0.1) is 19.6 Å². The minimum atomic E-state index is -0.847. The second-order valence-corrected chi connectivity index (χ2v) is 6.43. The molecule has 0 aromatic heterocycles. The van der Waals surface area contributed by atoms with E-state index >= 15 is 0 Å². The number of ether oxygens (including phenoxy) is 2. The first-order valence-electron chi connectivity index (χ1n) is 6.44. The predicted octanol–water partition coefficient (Wildman–Crippen LogP) is 4.00. The molecule has 1 rings (SSSR count). The zero-order valence-corrected chi connectivity index (χ0v) is 14.1. The SMILES string of the molecule is COc1ccc(Br)c(C(C)(C)CC(=O)O)c1OC(C)C. The molecule has 0 saturated heterocycles. The number of aliphatic carboxylic acids is 1. The van der Waals surface area contributed by atoms with E-state index in [0.717, 1.165) is 10.0 Å². The quantitative estimate of drug-likeness (QED) is 0.847. The molecule has 0 atom stereocenters.